The molecule has 3 rings (SSSR count). The van der Waals surface area contributed by atoms with Crippen molar-refractivity contribution in [3.63, 3.8) is 0 Å². The summed E-state index contributed by atoms with van der Waals surface area (Å²) < 4.78 is 15.3. The van der Waals surface area contributed by atoms with Gasteiger partial charge in [0, 0.05) is 0 Å². The van der Waals surface area contributed by atoms with Crippen LogP contribution in [-0.2, 0) is 6.54 Å². The number of carbonyl (C=O) groups is 1. The van der Waals surface area contributed by atoms with Gasteiger partial charge in [0.2, 0.25) is 0 Å². The lowest BCUT2D eigenvalue weighted by Crippen LogP contribution is -2.26. The minimum atomic E-state index is -0.682. The third-order valence-electron chi connectivity index (χ3n) is 3.87. The standard InChI is InChI=1S/C17H15ClFN5O/c1-10-6-7-12(8-11(10)2)24-15(21-22-23-24)9-20-17(25)16-13(18)4-3-5-14(16)19/h3-8H,9H2,1-2H3,(H,20,25). The first-order valence-electron chi connectivity index (χ1n) is 7.54. The van der Waals surface area contributed by atoms with E-state index in [1.807, 2.05) is 32.0 Å². The van der Waals surface area contributed by atoms with Crippen molar-refractivity contribution in [3.8, 4) is 5.69 Å². The predicted molar refractivity (Wildman–Crippen MR) is 91.2 cm³/mol. The number of aryl methyl sites for hydroxylation is 2. The lowest BCUT2D eigenvalue weighted by molar-refractivity contribution is 0.0945. The SMILES string of the molecule is Cc1ccc(-n2nnnc2CNC(=O)c2c(F)cccc2Cl)cc1C. The Bertz CT molecular complexity index is 920. The van der Waals surface area contributed by atoms with E-state index in [0.717, 1.165) is 16.8 Å². The molecule has 1 aromatic heterocycles. The molecule has 0 unspecified atom stereocenters. The summed E-state index contributed by atoms with van der Waals surface area (Å²) >= 11 is 5.90. The Morgan fingerprint density at radius 1 is 1.24 bits per heavy atom. The Balaban J connectivity index is 1.80. The zero-order chi connectivity index (χ0) is 18.0. The zero-order valence-electron chi connectivity index (χ0n) is 13.6. The molecule has 8 heteroatoms. The molecule has 1 amide bonds. The number of hydrogen-bond donors (Lipinski definition) is 1. The summed E-state index contributed by atoms with van der Waals surface area (Å²) in [6.45, 7) is 4.03. The topological polar surface area (TPSA) is 72.7 Å². The van der Waals surface area contributed by atoms with Crippen molar-refractivity contribution >= 4 is 17.5 Å². The van der Waals surface area contributed by atoms with Gasteiger partial charge < -0.3 is 5.32 Å². The number of aromatic nitrogens is 4. The normalized spacial score (nSPS) is 10.7. The number of rotatable bonds is 4. The summed E-state index contributed by atoms with van der Waals surface area (Å²) in [6, 6.07) is 9.88. The number of nitrogens with zero attached hydrogens (tertiary/aromatic N) is 4. The smallest absolute Gasteiger partial charge is 0.256 e. The van der Waals surface area contributed by atoms with Gasteiger partial charge in [0.25, 0.3) is 5.91 Å². The van der Waals surface area contributed by atoms with Crippen LogP contribution in [0.1, 0.15) is 27.3 Å². The maximum atomic E-state index is 13.8. The molecule has 3 aromatic rings. The van der Waals surface area contributed by atoms with Crippen molar-refractivity contribution in [1.29, 1.82) is 0 Å². The molecule has 25 heavy (non-hydrogen) atoms. The van der Waals surface area contributed by atoms with Crippen molar-refractivity contribution in [3.05, 3.63) is 69.8 Å². The fourth-order valence-corrected chi connectivity index (χ4v) is 2.59. The first-order valence-corrected chi connectivity index (χ1v) is 7.92. The molecular weight excluding hydrogens is 345 g/mol. The molecule has 0 fully saturated rings. The third-order valence-corrected chi connectivity index (χ3v) is 4.18. The molecule has 2 aromatic carbocycles. The van der Waals surface area contributed by atoms with Crippen LogP contribution in [-0.4, -0.2) is 26.1 Å². The van der Waals surface area contributed by atoms with Crippen molar-refractivity contribution < 1.29 is 9.18 Å². The molecule has 0 atom stereocenters. The van der Waals surface area contributed by atoms with Gasteiger partial charge in [0.05, 0.1) is 22.8 Å². The maximum Gasteiger partial charge on any atom is 0.256 e. The number of benzene rings is 2. The molecule has 0 aliphatic carbocycles. The predicted octanol–water partition coefficient (Wildman–Crippen LogP) is 3.00. The van der Waals surface area contributed by atoms with Crippen LogP contribution in [0.2, 0.25) is 5.02 Å². The zero-order valence-corrected chi connectivity index (χ0v) is 14.4. The van der Waals surface area contributed by atoms with Crippen molar-refractivity contribution in [2.45, 2.75) is 20.4 Å². The number of carbonyl (C=O) groups excluding carboxylic acids is 1. The van der Waals surface area contributed by atoms with E-state index in [1.165, 1.54) is 22.9 Å². The summed E-state index contributed by atoms with van der Waals surface area (Å²) in [7, 11) is 0. The van der Waals surface area contributed by atoms with E-state index in [-0.39, 0.29) is 17.1 Å². The molecule has 0 spiro atoms. The molecule has 0 radical (unpaired) electrons. The number of halogens is 2. The van der Waals surface area contributed by atoms with Crippen LogP contribution in [0.15, 0.2) is 36.4 Å². The highest BCUT2D eigenvalue weighted by Crippen LogP contribution is 2.19. The second-order valence-corrected chi connectivity index (χ2v) is 5.96. The van der Waals surface area contributed by atoms with E-state index in [4.69, 9.17) is 11.6 Å². The van der Waals surface area contributed by atoms with Gasteiger partial charge in [0.1, 0.15) is 5.82 Å². The monoisotopic (exact) mass is 359 g/mol. The minimum absolute atomic E-state index is 0.0312. The fraction of sp³-hybridized carbons (Fsp3) is 0.176. The number of tetrazole rings is 1. The van der Waals surface area contributed by atoms with Gasteiger partial charge in [-0.25, -0.2) is 4.39 Å². The van der Waals surface area contributed by atoms with Crippen LogP contribution >= 0.6 is 11.6 Å². The molecule has 0 saturated carbocycles. The fourth-order valence-electron chi connectivity index (χ4n) is 2.34. The Hall–Kier alpha value is -2.80. The van der Waals surface area contributed by atoms with E-state index in [2.05, 4.69) is 20.8 Å². The van der Waals surface area contributed by atoms with Crippen LogP contribution in [0, 0.1) is 19.7 Å². The average Bonchev–Trinajstić information content (AvgIpc) is 3.04. The largest absolute Gasteiger partial charge is 0.345 e. The van der Waals surface area contributed by atoms with E-state index in [9.17, 15) is 9.18 Å². The lowest BCUT2D eigenvalue weighted by Gasteiger charge is -2.09. The van der Waals surface area contributed by atoms with E-state index >= 15 is 0 Å². The summed E-state index contributed by atoms with van der Waals surface area (Å²) in [6.07, 6.45) is 0. The van der Waals surface area contributed by atoms with Gasteiger partial charge in [0.15, 0.2) is 5.82 Å². The highest BCUT2D eigenvalue weighted by molar-refractivity contribution is 6.33. The van der Waals surface area contributed by atoms with Crippen LogP contribution in [0.3, 0.4) is 0 Å². The summed E-state index contributed by atoms with van der Waals surface area (Å²) in [5, 5.41) is 14.2. The summed E-state index contributed by atoms with van der Waals surface area (Å²) in [5.74, 6) is -0.888. The minimum Gasteiger partial charge on any atom is -0.345 e. The lowest BCUT2D eigenvalue weighted by atomic mass is 10.1. The molecular formula is C17H15ClFN5O. The highest BCUT2D eigenvalue weighted by Gasteiger charge is 2.17. The van der Waals surface area contributed by atoms with Crippen LogP contribution in [0.4, 0.5) is 4.39 Å². The molecule has 0 aliphatic heterocycles. The quantitative estimate of drug-likeness (QED) is 0.777. The Morgan fingerprint density at radius 3 is 2.76 bits per heavy atom. The Morgan fingerprint density at radius 2 is 2.04 bits per heavy atom. The molecule has 0 bridgehead atoms. The molecule has 1 N–H and O–H groups in total. The van der Waals surface area contributed by atoms with Crippen molar-refractivity contribution in [1.82, 2.24) is 25.5 Å². The second-order valence-electron chi connectivity index (χ2n) is 5.55. The highest BCUT2D eigenvalue weighted by atomic mass is 35.5. The Kier molecular flexibility index (Phi) is 4.76. The maximum absolute atomic E-state index is 13.8. The van der Waals surface area contributed by atoms with Gasteiger partial charge in [-0.3, -0.25) is 4.79 Å². The number of amides is 1. The number of hydrogen-bond acceptors (Lipinski definition) is 4. The van der Waals surface area contributed by atoms with Crippen molar-refractivity contribution in [2.75, 3.05) is 0 Å². The summed E-state index contributed by atoms with van der Waals surface area (Å²) in [4.78, 5) is 12.2. The van der Waals surface area contributed by atoms with E-state index in [1.54, 1.807) is 0 Å². The summed E-state index contributed by atoms with van der Waals surface area (Å²) in [5.41, 5.74) is 2.83. The first kappa shape index (κ1) is 17.0. The van der Waals surface area contributed by atoms with E-state index in [0.29, 0.717) is 5.82 Å². The van der Waals surface area contributed by atoms with Gasteiger partial charge in [-0.2, -0.15) is 4.68 Å². The molecule has 128 valence electrons. The van der Waals surface area contributed by atoms with E-state index < -0.39 is 11.7 Å². The Labute approximate surface area is 148 Å². The molecule has 0 aliphatic rings. The second kappa shape index (κ2) is 6.98. The van der Waals surface area contributed by atoms with Crippen LogP contribution < -0.4 is 5.32 Å². The van der Waals surface area contributed by atoms with Gasteiger partial charge in [-0.1, -0.05) is 23.7 Å². The van der Waals surface area contributed by atoms with Gasteiger partial charge >= 0.3 is 0 Å². The average molecular weight is 360 g/mol. The molecule has 0 saturated heterocycles. The molecule has 6 nitrogen and oxygen atoms in total. The number of nitrogens with one attached hydrogen (secondary N) is 1. The van der Waals surface area contributed by atoms with Crippen LogP contribution in [0.25, 0.3) is 5.69 Å². The third kappa shape index (κ3) is 3.51. The first-order chi connectivity index (χ1) is 12.0. The van der Waals surface area contributed by atoms with Crippen LogP contribution in [0.5, 0.6) is 0 Å². The van der Waals surface area contributed by atoms with Gasteiger partial charge in [-0.15, -0.1) is 5.10 Å². The molecule has 1 heterocycles. The van der Waals surface area contributed by atoms with Gasteiger partial charge in [-0.05, 0) is 59.7 Å². The van der Waals surface area contributed by atoms with Crippen molar-refractivity contribution in [2.24, 2.45) is 0 Å².